The van der Waals surface area contributed by atoms with E-state index in [0.29, 0.717) is 0 Å². The quantitative estimate of drug-likeness (QED) is 0.850. The van der Waals surface area contributed by atoms with E-state index < -0.39 is 38.5 Å². The first-order valence-corrected chi connectivity index (χ1v) is 7.72. The van der Waals surface area contributed by atoms with Crippen molar-refractivity contribution in [2.45, 2.75) is 6.42 Å². The summed E-state index contributed by atoms with van der Waals surface area (Å²) in [5.41, 5.74) is -0.168. The maximum atomic E-state index is 13.8. The highest BCUT2D eigenvalue weighted by Gasteiger charge is 2.34. The number of halogens is 3. The molecule has 20 heavy (non-hydrogen) atoms. The lowest BCUT2D eigenvalue weighted by Crippen LogP contribution is -2.28. The molecule has 0 bridgehead atoms. The molecule has 0 saturated carbocycles. The molecule has 1 aromatic carbocycles. The molecule has 1 saturated heterocycles. The van der Waals surface area contributed by atoms with E-state index in [1.807, 2.05) is 0 Å². The number of carbonyl (C=O) groups excluding carboxylic acids is 1. The van der Waals surface area contributed by atoms with Gasteiger partial charge < -0.3 is 4.90 Å². The van der Waals surface area contributed by atoms with E-state index in [1.165, 1.54) is 0 Å². The second-order valence-corrected chi connectivity index (χ2v) is 6.64. The first kappa shape index (κ1) is 15.1. The van der Waals surface area contributed by atoms with Gasteiger partial charge in [-0.15, -0.1) is 0 Å². The Morgan fingerprint density at radius 3 is 2.65 bits per heavy atom. The summed E-state index contributed by atoms with van der Waals surface area (Å²) in [6.07, 6.45) is -0.0646. The lowest BCUT2D eigenvalue weighted by atomic mass is 10.1. The van der Waals surface area contributed by atoms with Crippen LogP contribution < -0.4 is 10.0 Å². The minimum atomic E-state index is -3.72. The standard InChI is InChI=1S/C11H11ClF2N2O3S/c12-10-7(13)1-2-8(11(10)14)16-4-6(3-9(16)17)5-20(15,18)19/h1-2,6H,3-5H2,(H2,15,18,19). The van der Waals surface area contributed by atoms with Gasteiger partial charge in [-0.05, 0) is 12.1 Å². The number of nitrogens with zero attached hydrogens (tertiary/aromatic N) is 1. The van der Waals surface area contributed by atoms with Crippen LogP contribution in [0.3, 0.4) is 0 Å². The highest BCUT2D eigenvalue weighted by molar-refractivity contribution is 7.89. The number of nitrogens with two attached hydrogens (primary N) is 1. The molecule has 0 spiro atoms. The molecule has 1 amide bonds. The number of anilines is 1. The summed E-state index contributed by atoms with van der Waals surface area (Å²) in [5.74, 6) is -3.33. The average Bonchev–Trinajstić information content (AvgIpc) is 2.65. The van der Waals surface area contributed by atoms with E-state index in [-0.39, 0.29) is 24.4 Å². The summed E-state index contributed by atoms with van der Waals surface area (Å²) in [4.78, 5) is 12.9. The second-order valence-electron chi connectivity index (χ2n) is 4.60. The Hall–Kier alpha value is -1.25. The molecule has 1 atom stereocenters. The minimum Gasteiger partial charge on any atom is -0.309 e. The van der Waals surface area contributed by atoms with E-state index in [2.05, 4.69) is 0 Å². The lowest BCUT2D eigenvalue weighted by molar-refractivity contribution is -0.117. The molecule has 0 radical (unpaired) electrons. The summed E-state index contributed by atoms with van der Waals surface area (Å²) in [5, 5.41) is 4.21. The Kier molecular flexibility index (Phi) is 3.99. The van der Waals surface area contributed by atoms with Crippen molar-refractivity contribution in [1.82, 2.24) is 0 Å². The number of benzene rings is 1. The van der Waals surface area contributed by atoms with E-state index in [0.717, 1.165) is 17.0 Å². The number of carbonyl (C=O) groups is 1. The highest BCUT2D eigenvalue weighted by Crippen LogP contribution is 2.32. The Morgan fingerprint density at radius 1 is 1.40 bits per heavy atom. The van der Waals surface area contributed by atoms with Crippen LogP contribution in [-0.4, -0.2) is 26.6 Å². The molecule has 1 aromatic rings. The zero-order valence-corrected chi connectivity index (χ0v) is 11.7. The summed E-state index contributed by atoms with van der Waals surface area (Å²) < 4.78 is 48.9. The third-order valence-corrected chi connectivity index (χ3v) is 4.26. The van der Waals surface area contributed by atoms with Crippen molar-refractivity contribution in [1.29, 1.82) is 0 Å². The molecule has 2 N–H and O–H groups in total. The van der Waals surface area contributed by atoms with Crippen LogP contribution in [0.5, 0.6) is 0 Å². The molecule has 5 nitrogen and oxygen atoms in total. The van der Waals surface area contributed by atoms with Gasteiger partial charge in [-0.2, -0.15) is 0 Å². The predicted molar refractivity (Wildman–Crippen MR) is 69.8 cm³/mol. The smallest absolute Gasteiger partial charge is 0.227 e. The van der Waals surface area contributed by atoms with Crippen molar-refractivity contribution < 1.29 is 22.0 Å². The van der Waals surface area contributed by atoms with Crippen molar-refractivity contribution in [2.24, 2.45) is 11.1 Å². The number of hydrogen-bond donors (Lipinski definition) is 1. The third-order valence-electron chi connectivity index (χ3n) is 2.98. The Balaban J connectivity index is 2.27. The Bertz CT molecular complexity index is 666. The lowest BCUT2D eigenvalue weighted by Gasteiger charge is -2.18. The van der Waals surface area contributed by atoms with Gasteiger partial charge in [0.25, 0.3) is 0 Å². The molecule has 1 heterocycles. The molecule has 1 aliphatic heterocycles. The minimum absolute atomic E-state index is 0.00581. The van der Waals surface area contributed by atoms with Crippen LogP contribution in [0.25, 0.3) is 0 Å². The van der Waals surface area contributed by atoms with Gasteiger partial charge in [-0.1, -0.05) is 11.6 Å². The Morgan fingerprint density at radius 2 is 2.05 bits per heavy atom. The van der Waals surface area contributed by atoms with Crippen molar-refractivity contribution in [3.63, 3.8) is 0 Å². The zero-order valence-electron chi connectivity index (χ0n) is 10.1. The largest absolute Gasteiger partial charge is 0.309 e. The molecular weight excluding hydrogens is 314 g/mol. The van der Waals surface area contributed by atoms with E-state index in [4.69, 9.17) is 16.7 Å². The van der Waals surface area contributed by atoms with Crippen molar-refractivity contribution in [3.05, 3.63) is 28.8 Å². The molecule has 2 rings (SSSR count). The topological polar surface area (TPSA) is 80.5 Å². The van der Waals surface area contributed by atoms with Crippen LogP contribution in [0.1, 0.15) is 6.42 Å². The van der Waals surface area contributed by atoms with Crippen molar-refractivity contribution in [2.75, 3.05) is 17.2 Å². The molecular formula is C11H11ClF2N2O3S. The van der Waals surface area contributed by atoms with Crippen LogP contribution in [0.2, 0.25) is 5.02 Å². The number of hydrogen-bond acceptors (Lipinski definition) is 3. The van der Waals surface area contributed by atoms with E-state index in [9.17, 15) is 22.0 Å². The fourth-order valence-corrected chi connectivity index (χ4v) is 3.22. The maximum absolute atomic E-state index is 13.8. The number of rotatable bonds is 3. The van der Waals surface area contributed by atoms with Crippen molar-refractivity contribution >= 4 is 33.2 Å². The number of amides is 1. The molecule has 1 aliphatic rings. The van der Waals surface area contributed by atoms with Gasteiger partial charge in [0.2, 0.25) is 15.9 Å². The first-order valence-electron chi connectivity index (χ1n) is 5.63. The van der Waals surface area contributed by atoms with Crippen LogP contribution in [0.4, 0.5) is 14.5 Å². The third kappa shape index (κ3) is 3.08. The summed E-state index contributed by atoms with van der Waals surface area (Å²) in [6.45, 7) is -0.00581. The van der Waals surface area contributed by atoms with Crippen LogP contribution >= 0.6 is 11.6 Å². The monoisotopic (exact) mass is 324 g/mol. The SMILES string of the molecule is NS(=O)(=O)CC1CC(=O)N(c2ccc(F)c(Cl)c2F)C1. The molecule has 1 unspecified atom stereocenters. The normalized spacial score (nSPS) is 19.7. The van der Waals surface area contributed by atoms with Crippen molar-refractivity contribution in [3.8, 4) is 0 Å². The van der Waals surface area contributed by atoms with Gasteiger partial charge in [0.15, 0.2) is 5.82 Å². The zero-order chi connectivity index (χ0) is 15.1. The van der Waals surface area contributed by atoms with E-state index in [1.54, 1.807) is 0 Å². The average molecular weight is 325 g/mol. The predicted octanol–water partition coefficient (Wildman–Crippen LogP) is 1.26. The molecule has 0 aliphatic carbocycles. The highest BCUT2D eigenvalue weighted by atomic mass is 35.5. The van der Waals surface area contributed by atoms with Gasteiger partial charge >= 0.3 is 0 Å². The fraction of sp³-hybridized carbons (Fsp3) is 0.364. The Labute approximate surface area is 119 Å². The summed E-state index contributed by atoms with van der Waals surface area (Å²) in [7, 11) is -3.72. The molecule has 0 aromatic heterocycles. The number of sulfonamides is 1. The van der Waals surface area contributed by atoms with Gasteiger partial charge in [-0.25, -0.2) is 22.3 Å². The van der Waals surface area contributed by atoms with Crippen LogP contribution in [0.15, 0.2) is 12.1 Å². The van der Waals surface area contributed by atoms with Gasteiger partial charge in [0.1, 0.15) is 10.8 Å². The number of primary sulfonamides is 1. The fourth-order valence-electron chi connectivity index (χ4n) is 2.18. The van der Waals surface area contributed by atoms with E-state index >= 15 is 0 Å². The molecule has 1 fully saturated rings. The van der Waals surface area contributed by atoms with Crippen LogP contribution in [-0.2, 0) is 14.8 Å². The molecule has 9 heteroatoms. The second kappa shape index (κ2) is 5.27. The van der Waals surface area contributed by atoms with Gasteiger partial charge in [-0.3, -0.25) is 4.79 Å². The van der Waals surface area contributed by atoms with Crippen LogP contribution in [0, 0.1) is 17.6 Å². The van der Waals surface area contributed by atoms with Gasteiger partial charge in [0, 0.05) is 18.9 Å². The maximum Gasteiger partial charge on any atom is 0.227 e. The first-order chi connectivity index (χ1) is 9.19. The molecule has 110 valence electrons. The summed E-state index contributed by atoms with van der Waals surface area (Å²) >= 11 is 5.45. The van der Waals surface area contributed by atoms with Gasteiger partial charge in [0.05, 0.1) is 11.4 Å². The summed E-state index contributed by atoms with van der Waals surface area (Å²) in [6, 6.07) is 2.04.